The number of nitrogens with two attached hydrogens (primary N) is 2. The maximum atomic E-state index is 12.8. The van der Waals surface area contributed by atoms with Crippen LogP contribution in [0.3, 0.4) is 0 Å². The predicted molar refractivity (Wildman–Crippen MR) is 75.4 cm³/mol. The summed E-state index contributed by atoms with van der Waals surface area (Å²) in [7, 11) is 0. The van der Waals surface area contributed by atoms with Gasteiger partial charge in [-0.25, -0.2) is 9.38 Å². The van der Waals surface area contributed by atoms with Crippen LogP contribution in [-0.4, -0.2) is 15.7 Å². The first-order valence-corrected chi connectivity index (χ1v) is 6.08. The second kappa shape index (κ2) is 4.86. The molecule has 19 heavy (non-hydrogen) atoms. The minimum atomic E-state index is -1.60. The molecule has 4 N–H and O–H groups in total. The SMILES string of the molecule is NC1=NC=CC(Cl)(C#Cc2ccc(F)cc2)C1(N)Cl. The van der Waals surface area contributed by atoms with Gasteiger partial charge >= 0.3 is 0 Å². The van der Waals surface area contributed by atoms with Crippen molar-refractivity contribution in [3.05, 3.63) is 47.9 Å². The number of hydrogen-bond acceptors (Lipinski definition) is 3. The molecule has 0 fully saturated rings. The van der Waals surface area contributed by atoms with Gasteiger partial charge in [0.1, 0.15) is 11.7 Å². The summed E-state index contributed by atoms with van der Waals surface area (Å²) in [5.41, 5.74) is 12.1. The lowest BCUT2D eigenvalue weighted by molar-refractivity contribution is 0.627. The summed E-state index contributed by atoms with van der Waals surface area (Å²) in [5.74, 6) is 5.17. The van der Waals surface area contributed by atoms with E-state index in [2.05, 4.69) is 16.8 Å². The molecule has 0 aliphatic carbocycles. The van der Waals surface area contributed by atoms with Crippen LogP contribution in [0.1, 0.15) is 5.56 Å². The fraction of sp³-hybridized carbons (Fsp3) is 0.154. The average Bonchev–Trinajstić information content (AvgIpc) is 2.36. The van der Waals surface area contributed by atoms with Crippen molar-refractivity contribution in [2.45, 2.75) is 9.87 Å². The van der Waals surface area contributed by atoms with Crippen LogP contribution in [0, 0.1) is 17.7 Å². The highest BCUT2D eigenvalue weighted by Crippen LogP contribution is 2.35. The number of amidine groups is 1. The number of benzene rings is 1. The van der Waals surface area contributed by atoms with E-state index in [0.29, 0.717) is 5.56 Å². The average molecular weight is 298 g/mol. The zero-order valence-electron chi connectivity index (χ0n) is 9.70. The van der Waals surface area contributed by atoms with E-state index in [0.717, 1.165) is 0 Å². The van der Waals surface area contributed by atoms with Gasteiger partial charge in [-0.2, -0.15) is 0 Å². The van der Waals surface area contributed by atoms with Gasteiger partial charge in [0.2, 0.25) is 0 Å². The van der Waals surface area contributed by atoms with Gasteiger partial charge in [-0.3, -0.25) is 0 Å². The Labute approximate surface area is 120 Å². The maximum Gasteiger partial charge on any atom is 0.183 e. The molecule has 0 saturated carbocycles. The molecule has 2 atom stereocenters. The van der Waals surface area contributed by atoms with Crippen LogP contribution in [0.4, 0.5) is 4.39 Å². The number of alkyl halides is 2. The van der Waals surface area contributed by atoms with E-state index >= 15 is 0 Å². The number of aliphatic imine (C=N–C) groups is 1. The Kier molecular flexibility index (Phi) is 3.55. The van der Waals surface area contributed by atoms with E-state index < -0.39 is 9.87 Å². The molecule has 98 valence electrons. The van der Waals surface area contributed by atoms with Crippen molar-refractivity contribution in [3.63, 3.8) is 0 Å². The highest BCUT2D eigenvalue weighted by Gasteiger charge is 2.48. The molecule has 3 nitrogen and oxygen atoms in total. The Hall–Kier alpha value is -1.54. The predicted octanol–water partition coefficient (Wildman–Crippen LogP) is 1.93. The van der Waals surface area contributed by atoms with Crippen LogP contribution in [-0.2, 0) is 0 Å². The van der Waals surface area contributed by atoms with E-state index in [1.807, 2.05) is 0 Å². The van der Waals surface area contributed by atoms with Gasteiger partial charge in [-0.1, -0.05) is 35.0 Å². The fourth-order valence-corrected chi connectivity index (χ4v) is 1.81. The Balaban J connectivity index is 2.35. The molecule has 0 spiro atoms. The van der Waals surface area contributed by atoms with Crippen molar-refractivity contribution in [1.82, 2.24) is 0 Å². The lowest BCUT2D eigenvalue weighted by atomic mass is 9.96. The lowest BCUT2D eigenvalue weighted by Gasteiger charge is -2.34. The van der Waals surface area contributed by atoms with E-state index in [1.54, 1.807) is 0 Å². The minimum absolute atomic E-state index is 0.0138. The van der Waals surface area contributed by atoms with Crippen molar-refractivity contribution in [2.75, 3.05) is 0 Å². The third kappa shape index (κ3) is 2.59. The van der Waals surface area contributed by atoms with Crippen molar-refractivity contribution < 1.29 is 4.39 Å². The maximum absolute atomic E-state index is 12.8. The Morgan fingerprint density at radius 1 is 1.21 bits per heavy atom. The van der Waals surface area contributed by atoms with Crippen molar-refractivity contribution >= 4 is 29.0 Å². The molecular formula is C13H10Cl2FN3. The first kappa shape index (κ1) is 13.9. The number of rotatable bonds is 0. The summed E-state index contributed by atoms with van der Waals surface area (Å²) in [6.45, 7) is 0. The molecule has 0 bridgehead atoms. The molecule has 6 heteroatoms. The molecule has 1 heterocycles. The van der Waals surface area contributed by atoms with Gasteiger partial charge in [-0.15, -0.1) is 0 Å². The van der Waals surface area contributed by atoms with Crippen LogP contribution < -0.4 is 11.5 Å². The van der Waals surface area contributed by atoms with Gasteiger partial charge in [0, 0.05) is 11.8 Å². The Morgan fingerprint density at radius 2 is 1.84 bits per heavy atom. The Bertz CT molecular complexity index is 611. The lowest BCUT2D eigenvalue weighted by Crippen LogP contribution is -2.61. The quantitative estimate of drug-likeness (QED) is 0.437. The highest BCUT2D eigenvalue weighted by atomic mass is 35.5. The first-order chi connectivity index (χ1) is 8.85. The molecular weight excluding hydrogens is 288 g/mol. The van der Waals surface area contributed by atoms with Crippen LogP contribution in [0.5, 0.6) is 0 Å². The molecule has 0 aromatic heterocycles. The smallest absolute Gasteiger partial charge is 0.183 e. The van der Waals surface area contributed by atoms with Crippen LogP contribution in [0.2, 0.25) is 0 Å². The van der Waals surface area contributed by atoms with E-state index in [4.69, 9.17) is 34.7 Å². The summed E-state index contributed by atoms with van der Waals surface area (Å²) in [4.78, 5) is 0.819. The molecule has 1 aliphatic heterocycles. The second-order valence-electron chi connectivity index (χ2n) is 4.01. The van der Waals surface area contributed by atoms with Crippen molar-refractivity contribution in [2.24, 2.45) is 16.5 Å². The summed E-state index contributed by atoms with van der Waals surface area (Å²) in [5, 5.41) is 0. The highest BCUT2D eigenvalue weighted by molar-refractivity contribution is 6.45. The fourth-order valence-electron chi connectivity index (χ4n) is 1.45. The van der Waals surface area contributed by atoms with E-state index in [9.17, 15) is 4.39 Å². The van der Waals surface area contributed by atoms with Crippen molar-refractivity contribution in [1.29, 1.82) is 0 Å². The monoisotopic (exact) mass is 297 g/mol. The normalized spacial score (nSPS) is 29.4. The summed E-state index contributed by atoms with van der Waals surface area (Å²) < 4.78 is 12.8. The van der Waals surface area contributed by atoms with Gasteiger partial charge in [-0.05, 0) is 30.3 Å². The minimum Gasteiger partial charge on any atom is -0.384 e. The number of nitrogens with zero attached hydrogens (tertiary/aromatic N) is 1. The zero-order valence-corrected chi connectivity index (χ0v) is 11.2. The summed E-state index contributed by atoms with van der Waals surface area (Å²) in [6, 6.07) is 5.65. The van der Waals surface area contributed by atoms with Crippen molar-refractivity contribution in [3.8, 4) is 11.8 Å². The largest absolute Gasteiger partial charge is 0.384 e. The van der Waals surface area contributed by atoms with Gasteiger partial charge in [0.15, 0.2) is 9.87 Å². The standard InChI is InChI=1S/C13H10Cl2FN3/c14-12(7-8-19-11(17)13(12,15)18)6-5-9-1-3-10(16)4-2-9/h1-4,7-8H,18H2,(H2,17,19). The number of hydrogen-bond donors (Lipinski definition) is 2. The Morgan fingerprint density at radius 3 is 2.47 bits per heavy atom. The first-order valence-electron chi connectivity index (χ1n) is 5.32. The molecule has 1 aromatic rings. The molecule has 0 radical (unpaired) electrons. The third-order valence-corrected chi connectivity index (χ3v) is 3.76. The van der Waals surface area contributed by atoms with Gasteiger partial charge < -0.3 is 11.5 Å². The van der Waals surface area contributed by atoms with Crippen LogP contribution in [0.15, 0.2) is 41.5 Å². The molecule has 1 aromatic carbocycles. The van der Waals surface area contributed by atoms with Gasteiger partial charge in [0.25, 0.3) is 0 Å². The molecule has 0 amide bonds. The van der Waals surface area contributed by atoms with Crippen LogP contribution in [0.25, 0.3) is 0 Å². The zero-order chi connectivity index (χ0) is 14.1. The summed E-state index contributed by atoms with van der Waals surface area (Å²) >= 11 is 12.4. The molecule has 2 rings (SSSR count). The van der Waals surface area contributed by atoms with Gasteiger partial charge in [0.05, 0.1) is 0 Å². The third-order valence-electron chi connectivity index (χ3n) is 2.65. The van der Waals surface area contributed by atoms with E-state index in [-0.39, 0.29) is 11.7 Å². The molecule has 2 unspecified atom stereocenters. The van der Waals surface area contributed by atoms with E-state index in [1.165, 1.54) is 36.5 Å². The molecule has 1 aliphatic rings. The van der Waals surface area contributed by atoms with Crippen LogP contribution >= 0.6 is 23.2 Å². The summed E-state index contributed by atoms with van der Waals surface area (Å²) in [6.07, 6.45) is 2.86. The topological polar surface area (TPSA) is 64.4 Å². The number of halogens is 3. The molecule has 0 saturated heterocycles. The second-order valence-corrected chi connectivity index (χ2v) is 5.20.